The van der Waals surface area contributed by atoms with Crippen molar-refractivity contribution in [2.24, 2.45) is 0 Å². The predicted octanol–water partition coefficient (Wildman–Crippen LogP) is 2.61. The van der Waals surface area contributed by atoms with Crippen molar-refractivity contribution in [2.75, 3.05) is 18.1 Å². The first-order valence-corrected chi connectivity index (χ1v) is 6.60. The van der Waals surface area contributed by atoms with Crippen LogP contribution in [-0.4, -0.2) is 30.1 Å². The predicted molar refractivity (Wildman–Crippen MR) is 71.6 cm³/mol. The van der Waals surface area contributed by atoms with Crippen LogP contribution in [0.25, 0.3) is 0 Å². The zero-order valence-electron chi connectivity index (χ0n) is 9.82. The molecule has 1 aromatic rings. The van der Waals surface area contributed by atoms with Gasteiger partial charge >= 0.3 is 0 Å². The van der Waals surface area contributed by atoms with Crippen molar-refractivity contribution in [1.82, 2.24) is 0 Å². The fourth-order valence-corrected chi connectivity index (χ4v) is 2.38. The molecule has 3 nitrogen and oxygen atoms in total. The molecule has 0 atom stereocenters. The van der Waals surface area contributed by atoms with E-state index in [1.54, 1.807) is 6.92 Å². The fraction of sp³-hybridized carbons (Fsp3) is 0.462. The molecule has 17 heavy (non-hydrogen) atoms. The Hall–Kier alpha value is -0.870. The monoisotopic (exact) mass is 297 g/mol. The molecule has 1 aromatic carbocycles. The van der Waals surface area contributed by atoms with Crippen LogP contribution in [0.1, 0.15) is 30.1 Å². The lowest BCUT2D eigenvalue weighted by molar-refractivity contribution is 0.101. The number of ketones is 1. The average molecular weight is 298 g/mol. The molecule has 1 aliphatic rings. The molecular weight excluding hydrogens is 282 g/mol. The molecule has 0 spiro atoms. The largest absolute Gasteiger partial charge is 0.395 e. The lowest BCUT2D eigenvalue weighted by atomic mass is 10.1. The second kappa shape index (κ2) is 5.19. The van der Waals surface area contributed by atoms with Crippen LogP contribution in [0.4, 0.5) is 5.69 Å². The standard InChI is InChI=1S/C13H16BrNO2/c1-9(17)12-5-2-10(14)8-13(12)15(6-7-16)11-3-4-11/h2,5,8,11,16H,3-4,6-7H2,1H3. The van der Waals surface area contributed by atoms with E-state index < -0.39 is 0 Å². The minimum absolute atomic E-state index is 0.0658. The molecule has 0 bridgehead atoms. The van der Waals surface area contributed by atoms with Gasteiger partial charge in [-0.3, -0.25) is 4.79 Å². The van der Waals surface area contributed by atoms with Crippen LogP contribution in [0.15, 0.2) is 22.7 Å². The number of hydrogen-bond acceptors (Lipinski definition) is 3. The molecule has 0 unspecified atom stereocenters. The van der Waals surface area contributed by atoms with Gasteiger partial charge < -0.3 is 10.0 Å². The number of anilines is 1. The highest BCUT2D eigenvalue weighted by molar-refractivity contribution is 9.10. The summed E-state index contributed by atoms with van der Waals surface area (Å²) in [5, 5.41) is 9.14. The van der Waals surface area contributed by atoms with Gasteiger partial charge in [-0.2, -0.15) is 0 Å². The molecule has 1 fully saturated rings. The summed E-state index contributed by atoms with van der Waals surface area (Å²) in [6.07, 6.45) is 2.29. The summed E-state index contributed by atoms with van der Waals surface area (Å²) in [7, 11) is 0. The van der Waals surface area contributed by atoms with Crippen molar-refractivity contribution < 1.29 is 9.90 Å². The lowest BCUT2D eigenvalue weighted by Crippen LogP contribution is -2.30. The van der Waals surface area contributed by atoms with E-state index in [9.17, 15) is 4.79 Å². The van der Waals surface area contributed by atoms with Crippen molar-refractivity contribution >= 4 is 27.4 Å². The van der Waals surface area contributed by atoms with Crippen LogP contribution in [0.5, 0.6) is 0 Å². The maximum atomic E-state index is 11.6. The molecule has 0 aromatic heterocycles. The summed E-state index contributed by atoms with van der Waals surface area (Å²) in [6, 6.07) is 6.17. The first kappa shape index (κ1) is 12.6. The number of aliphatic hydroxyl groups excluding tert-OH is 1. The van der Waals surface area contributed by atoms with Crippen molar-refractivity contribution in [2.45, 2.75) is 25.8 Å². The van der Waals surface area contributed by atoms with E-state index in [1.807, 2.05) is 18.2 Å². The number of Topliss-reactive ketones (excluding diaryl/α,β-unsaturated/α-hetero) is 1. The highest BCUT2D eigenvalue weighted by atomic mass is 79.9. The maximum absolute atomic E-state index is 11.6. The number of nitrogens with zero attached hydrogens (tertiary/aromatic N) is 1. The SMILES string of the molecule is CC(=O)c1ccc(Br)cc1N(CCO)C1CC1. The number of halogens is 1. The topological polar surface area (TPSA) is 40.5 Å². The zero-order chi connectivity index (χ0) is 12.4. The van der Waals surface area contributed by atoms with Crippen LogP contribution in [0, 0.1) is 0 Å². The van der Waals surface area contributed by atoms with Gasteiger partial charge in [0, 0.05) is 28.3 Å². The normalized spacial score (nSPS) is 14.8. The van der Waals surface area contributed by atoms with Gasteiger partial charge in [-0.25, -0.2) is 0 Å². The Morgan fingerprint density at radius 3 is 2.76 bits per heavy atom. The van der Waals surface area contributed by atoms with E-state index in [0.717, 1.165) is 28.6 Å². The van der Waals surface area contributed by atoms with Crippen molar-refractivity contribution in [1.29, 1.82) is 0 Å². The Balaban J connectivity index is 2.39. The first-order chi connectivity index (χ1) is 8.13. The van der Waals surface area contributed by atoms with E-state index in [1.165, 1.54) is 0 Å². The third kappa shape index (κ3) is 2.87. The van der Waals surface area contributed by atoms with Crippen LogP contribution in [-0.2, 0) is 0 Å². The molecule has 0 radical (unpaired) electrons. The van der Waals surface area contributed by atoms with Crippen molar-refractivity contribution in [3.05, 3.63) is 28.2 Å². The summed E-state index contributed by atoms with van der Waals surface area (Å²) < 4.78 is 0.959. The lowest BCUT2D eigenvalue weighted by Gasteiger charge is -2.26. The summed E-state index contributed by atoms with van der Waals surface area (Å²) in [5.41, 5.74) is 1.66. The zero-order valence-corrected chi connectivity index (χ0v) is 11.4. The Morgan fingerprint density at radius 1 is 1.53 bits per heavy atom. The number of carbonyl (C=O) groups is 1. The third-order valence-corrected chi connectivity index (χ3v) is 3.47. The quantitative estimate of drug-likeness (QED) is 0.850. The van der Waals surface area contributed by atoms with E-state index >= 15 is 0 Å². The molecule has 2 rings (SSSR count). The molecule has 0 heterocycles. The number of benzene rings is 1. The second-order valence-corrected chi connectivity index (χ2v) is 5.28. The third-order valence-electron chi connectivity index (χ3n) is 2.98. The van der Waals surface area contributed by atoms with Crippen molar-refractivity contribution in [3.8, 4) is 0 Å². The van der Waals surface area contributed by atoms with Crippen molar-refractivity contribution in [3.63, 3.8) is 0 Å². The number of carbonyl (C=O) groups excluding carboxylic acids is 1. The molecule has 1 aliphatic carbocycles. The summed E-state index contributed by atoms with van der Waals surface area (Å²) >= 11 is 3.43. The van der Waals surface area contributed by atoms with Crippen LogP contribution < -0.4 is 4.90 Å². The van der Waals surface area contributed by atoms with E-state index in [2.05, 4.69) is 20.8 Å². The fourth-order valence-electron chi connectivity index (χ4n) is 2.03. The highest BCUT2D eigenvalue weighted by Crippen LogP contribution is 2.35. The molecule has 92 valence electrons. The number of hydrogen-bond donors (Lipinski definition) is 1. The smallest absolute Gasteiger partial charge is 0.161 e. The molecule has 0 aliphatic heterocycles. The molecule has 1 saturated carbocycles. The molecule has 4 heteroatoms. The first-order valence-electron chi connectivity index (χ1n) is 5.81. The Labute approximate surface area is 110 Å². The van der Waals surface area contributed by atoms with Crippen LogP contribution in [0.2, 0.25) is 0 Å². The van der Waals surface area contributed by atoms with E-state index in [-0.39, 0.29) is 12.4 Å². The average Bonchev–Trinajstić information content (AvgIpc) is 3.09. The Bertz CT molecular complexity index is 429. The molecular formula is C13H16BrNO2. The van der Waals surface area contributed by atoms with Crippen LogP contribution in [0.3, 0.4) is 0 Å². The minimum atomic E-state index is 0.0658. The van der Waals surface area contributed by atoms with Gasteiger partial charge in [0.1, 0.15) is 0 Å². The number of aliphatic hydroxyl groups is 1. The van der Waals surface area contributed by atoms with Gasteiger partial charge in [-0.1, -0.05) is 15.9 Å². The van der Waals surface area contributed by atoms with Crippen LogP contribution >= 0.6 is 15.9 Å². The van der Waals surface area contributed by atoms with Gasteiger partial charge in [0.2, 0.25) is 0 Å². The minimum Gasteiger partial charge on any atom is -0.395 e. The van der Waals surface area contributed by atoms with E-state index in [4.69, 9.17) is 5.11 Å². The molecule has 0 saturated heterocycles. The number of rotatable bonds is 5. The van der Waals surface area contributed by atoms with E-state index in [0.29, 0.717) is 12.6 Å². The summed E-state index contributed by atoms with van der Waals surface area (Å²) in [4.78, 5) is 13.8. The molecule has 1 N–H and O–H groups in total. The Morgan fingerprint density at radius 2 is 2.24 bits per heavy atom. The van der Waals surface area contributed by atoms with Gasteiger partial charge in [0.05, 0.1) is 6.61 Å². The second-order valence-electron chi connectivity index (χ2n) is 4.37. The van der Waals surface area contributed by atoms with Gasteiger partial charge in [-0.15, -0.1) is 0 Å². The van der Waals surface area contributed by atoms with Gasteiger partial charge in [-0.05, 0) is 38.0 Å². The highest BCUT2D eigenvalue weighted by Gasteiger charge is 2.30. The maximum Gasteiger partial charge on any atom is 0.161 e. The summed E-state index contributed by atoms with van der Waals surface area (Å²) in [6.45, 7) is 2.28. The molecule has 0 amide bonds. The van der Waals surface area contributed by atoms with Gasteiger partial charge in [0.25, 0.3) is 0 Å². The Kier molecular flexibility index (Phi) is 3.84. The van der Waals surface area contributed by atoms with Gasteiger partial charge in [0.15, 0.2) is 5.78 Å². The summed E-state index contributed by atoms with van der Waals surface area (Å²) in [5.74, 6) is 0.0658.